The van der Waals surface area contributed by atoms with Crippen molar-refractivity contribution in [1.82, 2.24) is 14.8 Å². The lowest BCUT2D eigenvalue weighted by Gasteiger charge is -2.44. The van der Waals surface area contributed by atoms with Gasteiger partial charge in [-0.1, -0.05) is 18.2 Å². The van der Waals surface area contributed by atoms with Gasteiger partial charge in [0.1, 0.15) is 5.69 Å². The summed E-state index contributed by atoms with van der Waals surface area (Å²) in [5.74, 6) is 0.112. The van der Waals surface area contributed by atoms with E-state index in [4.69, 9.17) is 4.74 Å². The Morgan fingerprint density at radius 2 is 2.08 bits per heavy atom. The standard InChI is InChI=1S/C21H29N3O2/c1-16(2)23-10-11-26-15-21(13-23)8-5-9-24(14-21)20(25)19-12-17-6-3-4-7-18(17)22-19/h3-4,6-7,12,16,22H,5,8-11,13-15H2,1-2H3. The van der Waals surface area contributed by atoms with Gasteiger partial charge in [-0.3, -0.25) is 9.69 Å². The average Bonchev–Trinajstić information content (AvgIpc) is 2.97. The number of benzene rings is 1. The summed E-state index contributed by atoms with van der Waals surface area (Å²) in [5.41, 5.74) is 1.77. The SMILES string of the molecule is CC(C)N1CCOCC2(CCCN(C(=O)c3cc4ccccc4[nH]3)C2)C1. The van der Waals surface area contributed by atoms with Gasteiger partial charge in [0, 0.05) is 48.5 Å². The van der Waals surface area contributed by atoms with E-state index in [1.165, 1.54) is 0 Å². The normalized spacial score (nSPS) is 25.1. The van der Waals surface area contributed by atoms with Crippen LogP contribution >= 0.6 is 0 Å². The van der Waals surface area contributed by atoms with Crippen molar-refractivity contribution in [3.8, 4) is 0 Å². The Morgan fingerprint density at radius 3 is 2.88 bits per heavy atom. The Kier molecular flexibility index (Phi) is 4.76. The molecule has 0 bridgehead atoms. The molecule has 0 saturated carbocycles. The fraction of sp³-hybridized carbons (Fsp3) is 0.571. The van der Waals surface area contributed by atoms with Gasteiger partial charge in [-0.05, 0) is 38.8 Å². The van der Waals surface area contributed by atoms with E-state index < -0.39 is 0 Å². The Hall–Kier alpha value is -1.85. The van der Waals surface area contributed by atoms with Gasteiger partial charge in [0.05, 0.1) is 13.2 Å². The molecule has 140 valence electrons. The van der Waals surface area contributed by atoms with Crippen molar-refractivity contribution in [3.05, 3.63) is 36.0 Å². The molecule has 2 aliphatic heterocycles. The maximum absolute atomic E-state index is 13.1. The van der Waals surface area contributed by atoms with Crippen molar-refractivity contribution >= 4 is 16.8 Å². The molecule has 2 aromatic rings. The summed E-state index contributed by atoms with van der Waals surface area (Å²) in [6, 6.07) is 10.5. The molecule has 5 heteroatoms. The molecule has 0 aliphatic carbocycles. The first-order valence-electron chi connectivity index (χ1n) is 9.75. The smallest absolute Gasteiger partial charge is 0.270 e. The molecule has 3 heterocycles. The van der Waals surface area contributed by atoms with Gasteiger partial charge in [0.2, 0.25) is 0 Å². The largest absolute Gasteiger partial charge is 0.379 e. The highest BCUT2D eigenvalue weighted by atomic mass is 16.5. The summed E-state index contributed by atoms with van der Waals surface area (Å²) in [5, 5.41) is 1.09. The molecule has 1 unspecified atom stereocenters. The number of amides is 1. The average molecular weight is 355 g/mol. The Bertz CT molecular complexity index is 751. The van der Waals surface area contributed by atoms with E-state index in [0.29, 0.717) is 11.7 Å². The van der Waals surface area contributed by atoms with Gasteiger partial charge < -0.3 is 14.6 Å². The van der Waals surface area contributed by atoms with Crippen LogP contribution in [-0.2, 0) is 4.74 Å². The molecule has 26 heavy (non-hydrogen) atoms. The fourth-order valence-electron chi connectivity index (χ4n) is 4.45. The van der Waals surface area contributed by atoms with E-state index in [1.807, 2.05) is 35.2 Å². The second-order valence-corrected chi connectivity index (χ2v) is 8.22. The zero-order valence-corrected chi connectivity index (χ0v) is 15.8. The third kappa shape index (κ3) is 3.38. The maximum Gasteiger partial charge on any atom is 0.270 e. The number of H-pyrrole nitrogens is 1. The fourth-order valence-corrected chi connectivity index (χ4v) is 4.45. The highest BCUT2D eigenvalue weighted by Gasteiger charge is 2.41. The lowest BCUT2D eigenvalue weighted by Crippen LogP contribution is -2.53. The van der Waals surface area contributed by atoms with Gasteiger partial charge in [0.25, 0.3) is 5.91 Å². The predicted octanol–water partition coefficient (Wildman–Crippen LogP) is 3.13. The number of aromatic nitrogens is 1. The lowest BCUT2D eigenvalue weighted by atomic mass is 9.79. The van der Waals surface area contributed by atoms with E-state index in [1.54, 1.807) is 0 Å². The van der Waals surface area contributed by atoms with Crippen LogP contribution in [0.2, 0.25) is 0 Å². The second-order valence-electron chi connectivity index (χ2n) is 8.22. The molecular weight excluding hydrogens is 326 g/mol. The first kappa shape index (κ1) is 17.6. The Labute approximate surface area is 155 Å². The third-order valence-corrected chi connectivity index (χ3v) is 5.91. The minimum absolute atomic E-state index is 0.0562. The third-order valence-electron chi connectivity index (χ3n) is 5.91. The first-order chi connectivity index (χ1) is 12.6. The van der Waals surface area contributed by atoms with Gasteiger partial charge in [-0.15, -0.1) is 0 Å². The Balaban J connectivity index is 1.54. The zero-order chi connectivity index (χ0) is 18.1. The Morgan fingerprint density at radius 1 is 1.23 bits per heavy atom. The van der Waals surface area contributed by atoms with Crippen LogP contribution in [0.5, 0.6) is 0 Å². The molecule has 2 aliphatic rings. The second kappa shape index (κ2) is 7.05. The van der Waals surface area contributed by atoms with Gasteiger partial charge >= 0.3 is 0 Å². The van der Waals surface area contributed by atoms with Crippen LogP contribution in [0.15, 0.2) is 30.3 Å². The molecule has 1 N–H and O–H groups in total. The molecule has 1 amide bonds. The summed E-state index contributed by atoms with van der Waals surface area (Å²) < 4.78 is 5.96. The van der Waals surface area contributed by atoms with Crippen LogP contribution in [0.3, 0.4) is 0 Å². The summed E-state index contributed by atoms with van der Waals surface area (Å²) in [7, 11) is 0. The first-order valence-corrected chi connectivity index (χ1v) is 9.75. The van der Waals surface area contributed by atoms with Crippen molar-refractivity contribution < 1.29 is 9.53 Å². The molecule has 1 aromatic heterocycles. The summed E-state index contributed by atoms with van der Waals surface area (Å²) in [6.45, 7) is 9.64. The van der Waals surface area contributed by atoms with Crippen LogP contribution in [0.4, 0.5) is 0 Å². The number of piperidine rings is 1. The van der Waals surface area contributed by atoms with E-state index in [9.17, 15) is 4.79 Å². The quantitative estimate of drug-likeness (QED) is 0.900. The highest BCUT2D eigenvalue weighted by Crippen LogP contribution is 2.34. The number of para-hydroxylation sites is 1. The molecule has 2 fully saturated rings. The van der Waals surface area contributed by atoms with Gasteiger partial charge in [-0.2, -0.15) is 0 Å². The number of ether oxygens (including phenoxy) is 1. The summed E-state index contributed by atoms with van der Waals surface area (Å²) >= 11 is 0. The minimum atomic E-state index is 0.0562. The van der Waals surface area contributed by atoms with E-state index >= 15 is 0 Å². The van der Waals surface area contributed by atoms with Crippen molar-refractivity contribution in [2.24, 2.45) is 5.41 Å². The molecule has 2 saturated heterocycles. The van der Waals surface area contributed by atoms with E-state index in [-0.39, 0.29) is 11.3 Å². The maximum atomic E-state index is 13.1. The topological polar surface area (TPSA) is 48.6 Å². The number of likely N-dealkylation sites (tertiary alicyclic amines) is 1. The van der Waals surface area contributed by atoms with Crippen LogP contribution in [0.25, 0.3) is 10.9 Å². The number of nitrogens with zero attached hydrogens (tertiary/aromatic N) is 2. The highest BCUT2D eigenvalue weighted by molar-refractivity contribution is 5.98. The summed E-state index contributed by atoms with van der Waals surface area (Å²) in [4.78, 5) is 21.0. The number of carbonyl (C=O) groups is 1. The van der Waals surface area contributed by atoms with Crippen LogP contribution in [0, 0.1) is 5.41 Å². The number of aromatic amines is 1. The number of hydrogen-bond donors (Lipinski definition) is 1. The molecule has 1 atom stereocenters. The van der Waals surface area contributed by atoms with Crippen molar-refractivity contribution in [1.29, 1.82) is 0 Å². The van der Waals surface area contributed by atoms with Gasteiger partial charge in [0.15, 0.2) is 0 Å². The number of carbonyl (C=O) groups excluding carboxylic acids is 1. The van der Waals surface area contributed by atoms with Crippen LogP contribution < -0.4 is 0 Å². The number of fused-ring (bicyclic) bond motifs is 1. The lowest BCUT2D eigenvalue weighted by molar-refractivity contribution is 0.00553. The van der Waals surface area contributed by atoms with E-state index in [2.05, 4.69) is 23.7 Å². The van der Waals surface area contributed by atoms with Crippen LogP contribution in [-0.4, -0.2) is 66.1 Å². The number of hydrogen-bond acceptors (Lipinski definition) is 3. The van der Waals surface area contributed by atoms with Crippen LogP contribution in [0.1, 0.15) is 37.2 Å². The zero-order valence-electron chi connectivity index (χ0n) is 15.8. The monoisotopic (exact) mass is 355 g/mol. The molecule has 1 aromatic carbocycles. The molecular formula is C21H29N3O2. The predicted molar refractivity (Wildman–Crippen MR) is 103 cm³/mol. The van der Waals surface area contributed by atoms with Crippen molar-refractivity contribution in [3.63, 3.8) is 0 Å². The summed E-state index contributed by atoms with van der Waals surface area (Å²) in [6.07, 6.45) is 2.17. The van der Waals surface area contributed by atoms with Crippen molar-refractivity contribution in [2.75, 3.05) is 39.4 Å². The molecule has 5 nitrogen and oxygen atoms in total. The van der Waals surface area contributed by atoms with Gasteiger partial charge in [-0.25, -0.2) is 0 Å². The number of rotatable bonds is 2. The molecule has 0 radical (unpaired) electrons. The van der Waals surface area contributed by atoms with Crippen molar-refractivity contribution in [2.45, 2.75) is 32.7 Å². The molecule has 4 rings (SSSR count). The minimum Gasteiger partial charge on any atom is -0.379 e. The number of nitrogens with one attached hydrogen (secondary N) is 1. The van der Waals surface area contributed by atoms with E-state index in [0.717, 1.165) is 63.1 Å². The molecule has 1 spiro atoms.